The number of allylic oxidation sites excluding steroid dienone is 6. The Balaban J connectivity index is 4.04. The van der Waals surface area contributed by atoms with Crippen molar-refractivity contribution in [2.75, 3.05) is 26.4 Å². The highest BCUT2D eigenvalue weighted by Gasteiger charge is 2.26. The second-order valence-electron chi connectivity index (χ2n) is 17.0. The van der Waals surface area contributed by atoms with E-state index in [1.165, 1.54) is 167 Å². The van der Waals surface area contributed by atoms with Crippen LogP contribution in [0.4, 0.5) is 0 Å². The molecule has 0 aromatic heterocycles. The average Bonchev–Trinajstić information content (AvgIpc) is 3.25. The Labute approximate surface area is 375 Å². The van der Waals surface area contributed by atoms with Gasteiger partial charge in [-0.3, -0.25) is 18.6 Å². The molecule has 2 unspecified atom stereocenters. The maximum Gasteiger partial charge on any atom is 0.472 e. The van der Waals surface area contributed by atoms with Crippen molar-refractivity contribution in [3.63, 3.8) is 0 Å². The quantitative estimate of drug-likeness (QED) is 0.0265. The molecule has 0 radical (unpaired) electrons. The van der Waals surface area contributed by atoms with Gasteiger partial charge in [-0.25, -0.2) is 4.57 Å². The lowest BCUT2D eigenvalue weighted by atomic mass is 10.0. The predicted molar refractivity (Wildman–Crippen MR) is 257 cm³/mol. The average molecular weight is 882 g/mol. The highest BCUT2D eigenvalue weighted by molar-refractivity contribution is 7.47. The van der Waals surface area contributed by atoms with E-state index in [1.807, 2.05) is 0 Å². The number of phosphoric acid groups is 1. The van der Waals surface area contributed by atoms with Gasteiger partial charge in [0.25, 0.3) is 0 Å². The zero-order valence-electron chi connectivity index (χ0n) is 39.7. The van der Waals surface area contributed by atoms with Gasteiger partial charge in [0.05, 0.1) is 13.2 Å². The van der Waals surface area contributed by atoms with Crippen molar-refractivity contribution < 1.29 is 37.6 Å². The largest absolute Gasteiger partial charge is 0.472 e. The Bertz CT molecular complexity index is 1100. The third kappa shape index (κ3) is 47.5. The first-order chi connectivity index (χ1) is 29.8. The topological polar surface area (TPSA) is 134 Å². The maximum atomic E-state index is 12.7. The fourth-order valence-electron chi connectivity index (χ4n) is 7.19. The summed E-state index contributed by atoms with van der Waals surface area (Å²) >= 11 is 0. The van der Waals surface area contributed by atoms with E-state index in [-0.39, 0.29) is 38.6 Å². The first-order valence-corrected chi connectivity index (χ1v) is 27.0. The lowest BCUT2D eigenvalue weighted by Crippen LogP contribution is -2.29. The number of carbonyl (C=O) groups is 2. The molecule has 0 heterocycles. The zero-order chi connectivity index (χ0) is 44.6. The molecule has 3 N–H and O–H groups in total. The van der Waals surface area contributed by atoms with Crippen LogP contribution in [0.5, 0.6) is 0 Å². The van der Waals surface area contributed by atoms with E-state index in [9.17, 15) is 19.0 Å². The van der Waals surface area contributed by atoms with Crippen LogP contribution in [0.2, 0.25) is 0 Å². The first kappa shape index (κ1) is 59.2. The first-order valence-electron chi connectivity index (χ1n) is 25.5. The molecular weight excluding hydrogens is 786 g/mol. The minimum absolute atomic E-state index is 0.0531. The van der Waals surface area contributed by atoms with Crippen LogP contribution in [0.1, 0.15) is 245 Å². The van der Waals surface area contributed by atoms with Crippen molar-refractivity contribution in [3.05, 3.63) is 36.5 Å². The number of hydrogen-bond acceptors (Lipinski definition) is 8. The molecular formula is C51H96NO8P. The van der Waals surface area contributed by atoms with Crippen molar-refractivity contribution in [3.8, 4) is 0 Å². The third-order valence-corrected chi connectivity index (χ3v) is 12.0. The van der Waals surface area contributed by atoms with Crippen LogP contribution < -0.4 is 5.73 Å². The summed E-state index contributed by atoms with van der Waals surface area (Å²) in [6.45, 7) is 3.73. The molecule has 0 aliphatic rings. The molecule has 61 heavy (non-hydrogen) atoms. The molecule has 358 valence electrons. The smallest absolute Gasteiger partial charge is 0.462 e. The standard InChI is InChI=1S/C51H96NO8P/c1-3-5-7-9-11-13-15-17-19-21-23-24-26-28-30-32-34-36-38-40-42-44-51(54)60-49(48-59-61(55,56)58-46-45-52)47-57-50(53)43-41-39-37-35-33-31-29-27-25-22-20-18-16-14-12-10-8-6-4-2/h12,14,17-20,49H,3-11,13,15-16,21-48,52H2,1-2H3,(H,55,56). The molecule has 10 heteroatoms. The lowest BCUT2D eigenvalue weighted by molar-refractivity contribution is -0.161. The van der Waals surface area contributed by atoms with Gasteiger partial charge in [0.2, 0.25) is 0 Å². The number of esters is 2. The van der Waals surface area contributed by atoms with Crippen LogP contribution in [-0.2, 0) is 32.7 Å². The minimum Gasteiger partial charge on any atom is -0.462 e. The lowest BCUT2D eigenvalue weighted by Gasteiger charge is -2.19. The van der Waals surface area contributed by atoms with E-state index < -0.39 is 26.5 Å². The molecule has 0 spiro atoms. The fraction of sp³-hybridized carbons (Fsp3) is 0.843. The van der Waals surface area contributed by atoms with Crippen LogP contribution >= 0.6 is 7.82 Å². The summed E-state index contributed by atoms with van der Waals surface area (Å²) in [5.74, 6) is -0.826. The van der Waals surface area contributed by atoms with E-state index in [4.69, 9.17) is 24.3 Å². The third-order valence-electron chi connectivity index (χ3n) is 11.0. The molecule has 0 saturated carbocycles. The molecule has 0 rings (SSSR count). The summed E-state index contributed by atoms with van der Waals surface area (Å²) in [6.07, 6.45) is 54.6. The summed E-state index contributed by atoms with van der Waals surface area (Å²) in [7, 11) is -4.38. The molecule has 0 aliphatic carbocycles. The van der Waals surface area contributed by atoms with Gasteiger partial charge in [0.1, 0.15) is 6.61 Å². The summed E-state index contributed by atoms with van der Waals surface area (Å²) in [4.78, 5) is 35.0. The normalized spacial score (nSPS) is 13.4. The number of nitrogens with two attached hydrogens (primary N) is 1. The Morgan fingerprint density at radius 3 is 1.30 bits per heavy atom. The zero-order valence-corrected chi connectivity index (χ0v) is 40.5. The molecule has 0 saturated heterocycles. The van der Waals surface area contributed by atoms with Crippen LogP contribution in [0.25, 0.3) is 0 Å². The summed E-state index contributed by atoms with van der Waals surface area (Å²) in [5.41, 5.74) is 5.37. The maximum absolute atomic E-state index is 12.7. The number of unbranched alkanes of at least 4 members (excludes halogenated alkanes) is 29. The summed E-state index contributed by atoms with van der Waals surface area (Å²) < 4.78 is 32.9. The Morgan fingerprint density at radius 1 is 0.492 bits per heavy atom. The van der Waals surface area contributed by atoms with Crippen molar-refractivity contribution >= 4 is 19.8 Å². The minimum atomic E-state index is -4.38. The molecule has 0 amide bonds. The van der Waals surface area contributed by atoms with Gasteiger partial charge in [0.15, 0.2) is 6.10 Å². The number of hydrogen-bond donors (Lipinski definition) is 2. The molecule has 0 aromatic rings. The molecule has 0 aromatic carbocycles. The molecule has 0 fully saturated rings. The van der Waals surface area contributed by atoms with E-state index in [0.29, 0.717) is 6.42 Å². The monoisotopic (exact) mass is 882 g/mol. The van der Waals surface area contributed by atoms with Gasteiger partial charge in [0, 0.05) is 19.4 Å². The van der Waals surface area contributed by atoms with E-state index in [1.54, 1.807) is 0 Å². The number of phosphoric ester groups is 1. The highest BCUT2D eigenvalue weighted by Crippen LogP contribution is 2.43. The van der Waals surface area contributed by atoms with Crippen molar-refractivity contribution in [1.82, 2.24) is 0 Å². The predicted octanol–water partition coefficient (Wildman–Crippen LogP) is 15.3. The van der Waals surface area contributed by atoms with E-state index in [2.05, 4.69) is 50.3 Å². The Hall–Kier alpha value is -1.77. The molecule has 2 atom stereocenters. The Kier molecular flexibility index (Phi) is 46.3. The van der Waals surface area contributed by atoms with Crippen molar-refractivity contribution in [2.45, 2.75) is 251 Å². The van der Waals surface area contributed by atoms with Crippen LogP contribution in [-0.4, -0.2) is 49.3 Å². The van der Waals surface area contributed by atoms with Gasteiger partial charge < -0.3 is 20.1 Å². The fourth-order valence-corrected chi connectivity index (χ4v) is 7.96. The van der Waals surface area contributed by atoms with Gasteiger partial charge in [-0.05, 0) is 70.6 Å². The van der Waals surface area contributed by atoms with E-state index in [0.717, 1.165) is 44.9 Å². The van der Waals surface area contributed by atoms with Crippen molar-refractivity contribution in [1.29, 1.82) is 0 Å². The summed E-state index contributed by atoms with van der Waals surface area (Å²) in [6, 6.07) is 0. The van der Waals surface area contributed by atoms with E-state index >= 15 is 0 Å². The molecule has 9 nitrogen and oxygen atoms in total. The number of carbonyl (C=O) groups excluding carboxylic acids is 2. The SMILES string of the molecule is CCCCCC=CCC=CCCCCCCCCCCCC(=O)OCC(COP(=O)(O)OCCN)OC(=O)CCCCCCCCCCCCCC=CCCCCCCCC. The summed E-state index contributed by atoms with van der Waals surface area (Å²) in [5, 5.41) is 0. The van der Waals surface area contributed by atoms with Gasteiger partial charge in [-0.2, -0.15) is 0 Å². The van der Waals surface area contributed by atoms with Gasteiger partial charge >= 0.3 is 19.8 Å². The van der Waals surface area contributed by atoms with Crippen LogP contribution in [0.3, 0.4) is 0 Å². The second kappa shape index (κ2) is 47.7. The highest BCUT2D eigenvalue weighted by atomic mass is 31.2. The van der Waals surface area contributed by atoms with Crippen LogP contribution in [0.15, 0.2) is 36.5 Å². The Morgan fingerprint density at radius 2 is 0.852 bits per heavy atom. The molecule has 0 bridgehead atoms. The number of rotatable bonds is 48. The van der Waals surface area contributed by atoms with Gasteiger partial charge in [-0.15, -0.1) is 0 Å². The van der Waals surface area contributed by atoms with Gasteiger partial charge in [-0.1, -0.05) is 198 Å². The van der Waals surface area contributed by atoms with Crippen LogP contribution in [0, 0.1) is 0 Å². The second-order valence-corrected chi connectivity index (χ2v) is 18.5. The molecule has 0 aliphatic heterocycles. The van der Waals surface area contributed by atoms with Crippen molar-refractivity contribution in [2.24, 2.45) is 5.73 Å². The number of ether oxygens (including phenoxy) is 2.